The van der Waals surface area contributed by atoms with Crippen LogP contribution in [0.2, 0.25) is 0 Å². The van der Waals surface area contributed by atoms with Gasteiger partial charge in [-0.25, -0.2) is 0 Å². The molecule has 0 bridgehead atoms. The standard InChI is InChI=1S/C5H12N2O3/c1-3(8)7-2-4(6)5(9)10/h3-4,7-8H,2,6H2,1H3,(H,9,10)/t3-,4?/m0/s1. The van der Waals surface area contributed by atoms with Crippen LogP contribution in [0.1, 0.15) is 6.92 Å². The van der Waals surface area contributed by atoms with Crippen molar-refractivity contribution in [2.45, 2.75) is 19.2 Å². The first-order valence-electron chi connectivity index (χ1n) is 2.94. The molecule has 0 aliphatic heterocycles. The molecule has 0 aliphatic carbocycles. The summed E-state index contributed by atoms with van der Waals surface area (Å²) in [5, 5.41) is 19.3. The molecule has 0 rings (SSSR count). The van der Waals surface area contributed by atoms with E-state index in [-0.39, 0.29) is 6.54 Å². The number of hydrogen-bond acceptors (Lipinski definition) is 4. The second-order valence-electron chi connectivity index (χ2n) is 2.03. The van der Waals surface area contributed by atoms with E-state index in [9.17, 15) is 4.79 Å². The van der Waals surface area contributed by atoms with Crippen molar-refractivity contribution >= 4 is 5.97 Å². The van der Waals surface area contributed by atoms with E-state index in [1.54, 1.807) is 0 Å². The van der Waals surface area contributed by atoms with Gasteiger partial charge in [0.2, 0.25) is 0 Å². The molecular formula is C5H12N2O3. The van der Waals surface area contributed by atoms with Gasteiger partial charge in [-0.2, -0.15) is 0 Å². The number of hydrogen-bond donors (Lipinski definition) is 4. The van der Waals surface area contributed by atoms with Crippen molar-refractivity contribution in [3.05, 3.63) is 0 Å². The first-order chi connectivity index (χ1) is 4.54. The summed E-state index contributed by atoms with van der Waals surface area (Å²) in [7, 11) is 0. The predicted molar refractivity (Wildman–Crippen MR) is 35.3 cm³/mol. The van der Waals surface area contributed by atoms with E-state index in [0.29, 0.717) is 0 Å². The molecule has 1 unspecified atom stereocenters. The van der Waals surface area contributed by atoms with Crippen molar-refractivity contribution in [2.24, 2.45) is 5.73 Å². The Morgan fingerprint density at radius 2 is 2.30 bits per heavy atom. The van der Waals surface area contributed by atoms with Crippen LogP contribution in [0, 0.1) is 0 Å². The molecule has 0 spiro atoms. The topological polar surface area (TPSA) is 95.6 Å². The Morgan fingerprint density at radius 1 is 1.80 bits per heavy atom. The molecule has 0 aromatic carbocycles. The van der Waals surface area contributed by atoms with Crippen LogP contribution in [0.15, 0.2) is 0 Å². The highest BCUT2D eigenvalue weighted by atomic mass is 16.4. The Morgan fingerprint density at radius 3 is 2.60 bits per heavy atom. The normalized spacial score (nSPS) is 16.3. The summed E-state index contributed by atoms with van der Waals surface area (Å²) in [5.41, 5.74) is 5.09. The van der Waals surface area contributed by atoms with Crippen LogP contribution < -0.4 is 11.1 Å². The molecule has 0 fully saturated rings. The monoisotopic (exact) mass is 148 g/mol. The van der Waals surface area contributed by atoms with Crippen LogP contribution in [0.4, 0.5) is 0 Å². The highest BCUT2D eigenvalue weighted by Gasteiger charge is 2.10. The summed E-state index contributed by atoms with van der Waals surface area (Å²) in [6, 6.07) is -0.949. The van der Waals surface area contributed by atoms with Crippen molar-refractivity contribution in [1.82, 2.24) is 5.32 Å². The third kappa shape index (κ3) is 4.25. The van der Waals surface area contributed by atoms with Crippen molar-refractivity contribution < 1.29 is 15.0 Å². The van der Waals surface area contributed by atoms with E-state index in [4.69, 9.17) is 15.9 Å². The van der Waals surface area contributed by atoms with Gasteiger partial charge in [-0.05, 0) is 6.92 Å². The number of nitrogens with two attached hydrogens (primary N) is 1. The molecule has 0 aromatic heterocycles. The van der Waals surface area contributed by atoms with Gasteiger partial charge in [0.05, 0.1) is 0 Å². The molecule has 0 radical (unpaired) electrons. The SMILES string of the molecule is C[C@H](O)NCC(N)C(=O)O. The van der Waals surface area contributed by atoms with Crippen molar-refractivity contribution in [3.63, 3.8) is 0 Å². The first kappa shape index (κ1) is 9.35. The van der Waals surface area contributed by atoms with Crippen LogP contribution in [0.3, 0.4) is 0 Å². The maximum atomic E-state index is 10.1. The quantitative estimate of drug-likeness (QED) is 0.357. The van der Waals surface area contributed by atoms with Crippen LogP contribution in [-0.2, 0) is 4.79 Å². The number of nitrogens with one attached hydrogen (secondary N) is 1. The second kappa shape index (κ2) is 4.21. The van der Waals surface area contributed by atoms with E-state index >= 15 is 0 Å². The van der Waals surface area contributed by atoms with Gasteiger partial charge >= 0.3 is 5.97 Å². The van der Waals surface area contributed by atoms with E-state index in [1.165, 1.54) is 6.92 Å². The molecule has 0 aromatic rings. The van der Waals surface area contributed by atoms with Crippen molar-refractivity contribution in [1.29, 1.82) is 0 Å². The second-order valence-corrected chi connectivity index (χ2v) is 2.03. The zero-order chi connectivity index (χ0) is 8.15. The van der Waals surface area contributed by atoms with Crippen LogP contribution in [0.25, 0.3) is 0 Å². The Kier molecular flexibility index (Phi) is 3.94. The van der Waals surface area contributed by atoms with E-state index in [2.05, 4.69) is 5.32 Å². The van der Waals surface area contributed by atoms with Crippen molar-refractivity contribution in [3.8, 4) is 0 Å². The van der Waals surface area contributed by atoms with Gasteiger partial charge < -0.3 is 15.9 Å². The van der Waals surface area contributed by atoms with Gasteiger partial charge in [0.1, 0.15) is 12.3 Å². The highest BCUT2D eigenvalue weighted by molar-refractivity contribution is 5.73. The van der Waals surface area contributed by atoms with Gasteiger partial charge in [-0.15, -0.1) is 0 Å². The summed E-state index contributed by atoms with van der Waals surface area (Å²) in [5.74, 6) is -1.08. The zero-order valence-corrected chi connectivity index (χ0v) is 5.74. The minimum absolute atomic E-state index is 0.0764. The fraction of sp³-hybridized carbons (Fsp3) is 0.800. The summed E-state index contributed by atoms with van der Waals surface area (Å²) >= 11 is 0. The average molecular weight is 148 g/mol. The largest absolute Gasteiger partial charge is 0.480 e. The third-order valence-electron chi connectivity index (χ3n) is 0.950. The number of aliphatic hydroxyl groups is 1. The smallest absolute Gasteiger partial charge is 0.321 e. The molecule has 2 atom stereocenters. The minimum atomic E-state index is -1.08. The molecule has 0 saturated carbocycles. The molecule has 0 saturated heterocycles. The van der Waals surface area contributed by atoms with E-state index < -0.39 is 18.2 Å². The summed E-state index contributed by atoms with van der Waals surface area (Å²) in [4.78, 5) is 10.1. The summed E-state index contributed by atoms with van der Waals surface area (Å²) < 4.78 is 0. The molecular weight excluding hydrogens is 136 g/mol. The van der Waals surface area contributed by atoms with Crippen LogP contribution in [-0.4, -0.2) is 35.0 Å². The lowest BCUT2D eigenvalue weighted by molar-refractivity contribution is -0.138. The molecule has 0 aliphatic rings. The average Bonchev–Trinajstić information content (AvgIpc) is 1.82. The van der Waals surface area contributed by atoms with Gasteiger partial charge in [-0.1, -0.05) is 0 Å². The predicted octanol–water partition coefficient (Wildman–Crippen LogP) is -1.67. The molecule has 0 amide bonds. The maximum absolute atomic E-state index is 10.1. The fourth-order valence-corrected chi connectivity index (χ4v) is 0.385. The Balaban J connectivity index is 3.40. The first-order valence-corrected chi connectivity index (χ1v) is 2.94. The van der Waals surface area contributed by atoms with Gasteiger partial charge in [0.15, 0.2) is 0 Å². The zero-order valence-electron chi connectivity index (χ0n) is 5.74. The van der Waals surface area contributed by atoms with Crippen LogP contribution >= 0.6 is 0 Å². The van der Waals surface area contributed by atoms with E-state index in [0.717, 1.165) is 0 Å². The molecule has 5 heteroatoms. The fourth-order valence-electron chi connectivity index (χ4n) is 0.385. The highest BCUT2D eigenvalue weighted by Crippen LogP contribution is 1.77. The number of carboxylic acids is 1. The van der Waals surface area contributed by atoms with Gasteiger partial charge in [0, 0.05) is 6.54 Å². The Hall–Kier alpha value is -0.650. The minimum Gasteiger partial charge on any atom is -0.480 e. The Labute approximate surface area is 58.8 Å². The van der Waals surface area contributed by atoms with Crippen molar-refractivity contribution in [2.75, 3.05) is 6.54 Å². The lowest BCUT2D eigenvalue weighted by atomic mass is 10.3. The van der Waals surface area contributed by atoms with E-state index in [1.807, 2.05) is 0 Å². The molecule has 5 nitrogen and oxygen atoms in total. The summed E-state index contributed by atoms with van der Waals surface area (Å²) in [6.07, 6.45) is -0.717. The van der Waals surface area contributed by atoms with Crippen LogP contribution in [0.5, 0.6) is 0 Å². The molecule has 60 valence electrons. The molecule has 5 N–H and O–H groups in total. The maximum Gasteiger partial charge on any atom is 0.321 e. The van der Waals surface area contributed by atoms with Gasteiger partial charge in [0.25, 0.3) is 0 Å². The number of carboxylic acid groups (broad SMARTS) is 1. The molecule has 10 heavy (non-hydrogen) atoms. The number of aliphatic hydroxyl groups excluding tert-OH is 1. The lowest BCUT2D eigenvalue weighted by Gasteiger charge is -2.09. The number of carbonyl (C=O) groups is 1. The summed E-state index contributed by atoms with van der Waals surface area (Å²) in [6.45, 7) is 1.57. The third-order valence-corrected chi connectivity index (χ3v) is 0.950. The number of rotatable bonds is 4. The molecule has 0 heterocycles. The van der Waals surface area contributed by atoms with Gasteiger partial charge in [-0.3, -0.25) is 10.1 Å². The Bertz CT molecular complexity index is 115. The number of aliphatic carboxylic acids is 1. The lowest BCUT2D eigenvalue weighted by Crippen LogP contribution is -2.43.